The Labute approximate surface area is 210 Å². The Bertz CT molecular complexity index is 1200. The van der Waals surface area contributed by atoms with Crippen LogP contribution in [0, 0.1) is 0 Å². The fourth-order valence-electron chi connectivity index (χ4n) is 4.40. The number of anilines is 3. The molecule has 0 atom stereocenters. The van der Waals surface area contributed by atoms with Gasteiger partial charge in [0.2, 0.25) is 5.95 Å². The molecule has 0 spiro atoms. The van der Waals surface area contributed by atoms with Crippen molar-refractivity contribution in [2.45, 2.75) is 19.4 Å². The summed E-state index contributed by atoms with van der Waals surface area (Å²) in [5.74, 6) is 0.917. The van der Waals surface area contributed by atoms with E-state index in [-0.39, 0.29) is 5.91 Å². The zero-order valence-electron chi connectivity index (χ0n) is 20.5. The third-order valence-corrected chi connectivity index (χ3v) is 6.34. The number of hydrogen-bond acceptors (Lipinski definition) is 8. The lowest BCUT2D eigenvalue weighted by Gasteiger charge is -2.31. The number of nitrogens with zero attached hydrogens (tertiary/aromatic N) is 3. The van der Waals surface area contributed by atoms with E-state index in [0.717, 1.165) is 61.6 Å². The Balaban J connectivity index is 1.49. The van der Waals surface area contributed by atoms with Gasteiger partial charge in [-0.3, -0.25) is 4.79 Å². The van der Waals surface area contributed by atoms with Crippen LogP contribution >= 0.6 is 0 Å². The number of carbonyl (C=O) groups excluding carboxylic acids is 1. The number of fused-ring (bicyclic) bond motifs is 9. The molecule has 1 amide bonds. The highest BCUT2D eigenvalue weighted by atomic mass is 16.5. The maximum Gasteiger partial charge on any atom is 0.251 e. The first-order valence-corrected chi connectivity index (χ1v) is 12.3. The van der Waals surface area contributed by atoms with Crippen molar-refractivity contribution in [2.24, 2.45) is 0 Å². The van der Waals surface area contributed by atoms with Crippen LogP contribution < -0.4 is 20.3 Å². The number of methoxy groups -OCH3 is 1. The minimum atomic E-state index is -0.0939. The van der Waals surface area contributed by atoms with Crippen LogP contribution in [0.4, 0.5) is 17.3 Å². The van der Waals surface area contributed by atoms with Crippen molar-refractivity contribution < 1.29 is 19.0 Å². The van der Waals surface area contributed by atoms with Crippen LogP contribution in [0.15, 0.2) is 48.7 Å². The number of amides is 1. The van der Waals surface area contributed by atoms with Gasteiger partial charge >= 0.3 is 0 Å². The standard InChI is InChI=1S/C27H31N5O4/c1-34-24-17-29-27-30-22-8-9-23(32-11-14-35-15-12-32)21(16-22)18-36-13-3-2-10-28-26(33)20-6-4-19(5-7-20)25(24)31-27/h4-9,16-17H,2-3,10-15,18H2,1H3,(H,28,33)(H,29,30,31). The minimum Gasteiger partial charge on any atom is -0.493 e. The molecular formula is C27H31N5O4. The molecule has 3 aromatic rings. The number of nitrogens with one attached hydrogen (secondary N) is 2. The van der Waals surface area contributed by atoms with E-state index in [1.807, 2.05) is 18.2 Å². The summed E-state index contributed by atoms with van der Waals surface area (Å²) in [6.07, 6.45) is 3.36. The number of carbonyl (C=O) groups is 1. The maximum atomic E-state index is 12.5. The molecule has 3 aliphatic rings. The second-order valence-corrected chi connectivity index (χ2v) is 8.77. The molecule has 6 rings (SSSR count). The Kier molecular flexibility index (Phi) is 7.58. The van der Waals surface area contributed by atoms with Gasteiger partial charge in [-0.25, -0.2) is 9.97 Å². The molecular weight excluding hydrogens is 458 g/mol. The molecule has 1 saturated heterocycles. The summed E-state index contributed by atoms with van der Waals surface area (Å²) in [6.45, 7) is 4.85. The molecule has 0 saturated carbocycles. The quantitative estimate of drug-likeness (QED) is 0.562. The molecule has 0 radical (unpaired) electrons. The van der Waals surface area contributed by atoms with E-state index in [2.05, 4.69) is 32.7 Å². The van der Waals surface area contributed by atoms with E-state index in [4.69, 9.17) is 19.2 Å². The molecule has 36 heavy (non-hydrogen) atoms. The minimum absolute atomic E-state index is 0.0939. The second-order valence-electron chi connectivity index (χ2n) is 8.77. The highest BCUT2D eigenvalue weighted by Crippen LogP contribution is 2.31. The number of aromatic nitrogens is 2. The van der Waals surface area contributed by atoms with Gasteiger partial charge in [0.15, 0.2) is 5.75 Å². The fraction of sp³-hybridized carbons (Fsp3) is 0.370. The number of ether oxygens (including phenoxy) is 3. The SMILES string of the molecule is COc1cnc2nc1-c1ccc(cc1)C(=O)NCCCCOCc1cc(ccc1N1CCOCC1)N2. The highest BCUT2D eigenvalue weighted by molar-refractivity contribution is 5.94. The molecule has 2 N–H and O–H groups in total. The van der Waals surface area contributed by atoms with Gasteiger partial charge in [0.25, 0.3) is 5.91 Å². The van der Waals surface area contributed by atoms with Gasteiger partial charge in [-0.2, -0.15) is 0 Å². The molecule has 1 aromatic heterocycles. The summed E-state index contributed by atoms with van der Waals surface area (Å²) < 4.78 is 17.1. The smallest absolute Gasteiger partial charge is 0.251 e. The van der Waals surface area contributed by atoms with Crippen LogP contribution in [0.3, 0.4) is 0 Å². The first-order valence-electron chi connectivity index (χ1n) is 12.3. The van der Waals surface area contributed by atoms with E-state index < -0.39 is 0 Å². The van der Waals surface area contributed by atoms with Crippen molar-refractivity contribution in [1.29, 1.82) is 0 Å². The molecule has 0 unspecified atom stereocenters. The van der Waals surface area contributed by atoms with Crippen LogP contribution in [0.25, 0.3) is 11.3 Å². The van der Waals surface area contributed by atoms with Crippen molar-refractivity contribution in [3.05, 3.63) is 59.8 Å². The molecule has 6 bridgehead atoms. The van der Waals surface area contributed by atoms with E-state index in [0.29, 0.717) is 42.7 Å². The molecule has 1 fully saturated rings. The molecule has 9 heteroatoms. The van der Waals surface area contributed by atoms with Crippen LogP contribution in [0.5, 0.6) is 5.75 Å². The lowest BCUT2D eigenvalue weighted by Crippen LogP contribution is -2.36. The molecule has 3 aliphatic heterocycles. The number of morpholine rings is 1. The first-order chi connectivity index (χ1) is 17.7. The van der Waals surface area contributed by atoms with E-state index in [1.54, 1.807) is 25.4 Å². The summed E-state index contributed by atoms with van der Waals surface area (Å²) >= 11 is 0. The number of hydrogen-bond donors (Lipinski definition) is 2. The van der Waals surface area contributed by atoms with Crippen molar-refractivity contribution in [2.75, 3.05) is 56.8 Å². The summed E-state index contributed by atoms with van der Waals surface area (Å²) in [6, 6.07) is 13.6. The lowest BCUT2D eigenvalue weighted by molar-refractivity contribution is 0.0946. The molecule has 4 heterocycles. The van der Waals surface area contributed by atoms with Crippen LogP contribution in [-0.4, -0.2) is 62.4 Å². The van der Waals surface area contributed by atoms with Gasteiger partial charge in [-0.1, -0.05) is 12.1 Å². The summed E-state index contributed by atoms with van der Waals surface area (Å²) in [5, 5.41) is 6.32. The van der Waals surface area contributed by atoms with Crippen LogP contribution in [0.1, 0.15) is 28.8 Å². The summed E-state index contributed by atoms with van der Waals surface area (Å²) in [5.41, 5.74) is 5.21. The topological polar surface area (TPSA) is 97.8 Å². The van der Waals surface area contributed by atoms with E-state index >= 15 is 0 Å². The average Bonchev–Trinajstić information content (AvgIpc) is 2.92. The van der Waals surface area contributed by atoms with Crippen molar-refractivity contribution in [3.63, 3.8) is 0 Å². The van der Waals surface area contributed by atoms with Gasteiger partial charge in [0.05, 0.1) is 33.1 Å². The Morgan fingerprint density at radius 1 is 0.972 bits per heavy atom. The van der Waals surface area contributed by atoms with Gasteiger partial charge in [-0.05, 0) is 43.2 Å². The third-order valence-electron chi connectivity index (χ3n) is 6.34. The predicted octanol–water partition coefficient (Wildman–Crippen LogP) is 3.77. The highest BCUT2D eigenvalue weighted by Gasteiger charge is 2.17. The van der Waals surface area contributed by atoms with Crippen molar-refractivity contribution in [1.82, 2.24) is 15.3 Å². The van der Waals surface area contributed by atoms with Crippen molar-refractivity contribution >= 4 is 23.2 Å². The maximum absolute atomic E-state index is 12.5. The largest absolute Gasteiger partial charge is 0.493 e. The van der Waals surface area contributed by atoms with Gasteiger partial charge in [-0.15, -0.1) is 0 Å². The number of benzene rings is 2. The molecule has 188 valence electrons. The van der Waals surface area contributed by atoms with Crippen LogP contribution in [0.2, 0.25) is 0 Å². The van der Waals surface area contributed by atoms with Gasteiger partial charge < -0.3 is 29.7 Å². The monoisotopic (exact) mass is 489 g/mol. The van der Waals surface area contributed by atoms with E-state index in [1.165, 1.54) is 0 Å². The average molecular weight is 490 g/mol. The van der Waals surface area contributed by atoms with E-state index in [9.17, 15) is 4.79 Å². The van der Waals surface area contributed by atoms with Crippen LogP contribution in [-0.2, 0) is 16.1 Å². The zero-order valence-corrected chi connectivity index (χ0v) is 20.5. The Morgan fingerprint density at radius 2 is 1.78 bits per heavy atom. The first kappa shape index (κ1) is 24.0. The second kappa shape index (κ2) is 11.4. The summed E-state index contributed by atoms with van der Waals surface area (Å²) in [7, 11) is 1.59. The molecule has 2 aromatic carbocycles. The molecule has 0 aliphatic carbocycles. The normalized spacial score (nSPS) is 16.8. The predicted molar refractivity (Wildman–Crippen MR) is 138 cm³/mol. The number of rotatable bonds is 2. The Morgan fingerprint density at radius 3 is 2.58 bits per heavy atom. The van der Waals surface area contributed by atoms with Gasteiger partial charge in [0, 0.05) is 54.3 Å². The third kappa shape index (κ3) is 5.58. The summed E-state index contributed by atoms with van der Waals surface area (Å²) in [4.78, 5) is 24.0. The lowest BCUT2D eigenvalue weighted by atomic mass is 10.1. The fourth-order valence-corrected chi connectivity index (χ4v) is 4.40. The van der Waals surface area contributed by atoms with Crippen molar-refractivity contribution in [3.8, 4) is 17.0 Å². The Hall–Kier alpha value is -3.69. The van der Waals surface area contributed by atoms with Gasteiger partial charge in [0.1, 0.15) is 5.69 Å². The zero-order chi connectivity index (χ0) is 24.7. The molecule has 9 nitrogen and oxygen atoms in total.